The molecule has 1 rings (SSSR count). The van der Waals surface area contributed by atoms with Gasteiger partial charge in [0.05, 0.1) is 6.04 Å². The zero-order valence-electron chi connectivity index (χ0n) is 10.7. The molecule has 1 N–H and O–H groups in total. The van der Waals surface area contributed by atoms with Crippen LogP contribution < -0.4 is 5.32 Å². The number of rotatable bonds is 6. The zero-order chi connectivity index (χ0) is 12.8. The third kappa shape index (κ3) is 4.39. The van der Waals surface area contributed by atoms with E-state index in [9.17, 15) is 0 Å². The van der Waals surface area contributed by atoms with Crippen LogP contribution in [0.4, 0.5) is 0 Å². The molecule has 0 saturated heterocycles. The molecule has 0 fully saturated rings. The van der Waals surface area contributed by atoms with E-state index in [-0.39, 0.29) is 18.4 Å². The molecule has 0 radical (unpaired) electrons. The smallest absolute Gasteiger partial charge is 0.171 e. The Morgan fingerprint density at radius 2 is 1.59 bits per heavy atom. The van der Waals surface area contributed by atoms with Gasteiger partial charge in [0.15, 0.2) is 6.29 Å². The van der Waals surface area contributed by atoms with E-state index >= 15 is 0 Å². The van der Waals surface area contributed by atoms with E-state index in [0.717, 1.165) is 4.47 Å². The summed E-state index contributed by atoms with van der Waals surface area (Å²) in [5.41, 5.74) is 1.24. The molecule has 0 bridgehead atoms. The third-order valence-corrected chi connectivity index (χ3v) is 3.28. The molecule has 1 aromatic carbocycles. The van der Waals surface area contributed by atoms with Gasteiger partial charge in [-0.05, 0) is 31.5 Å². The number of halogens is 1. The first kappa shape index (κ1) is 14.6. The molecule has 3 nitrogen and oxygen atoms in total. The maximum absolute atomic E-state index is 5.22. The molecule has 1 aromatic rings. The quantitative estimate of drug-likeness (QED) is 0.819. The van der Waals surface area contributed by atoms with Gasteiger partial charge in [0, 0.05) is 24.7 Å². The Morgan fingerprint density at radius 1 is 1.06 bits per heavy atom. The number of ether oxygens (including phenoxy) is 2. The molecule has 0 spiro atoms. The highest BCUT2D eigenvalue weighted by Gasteiger charge is 2.18. The van der Waals surface area contributed by atoms with Crippen molar-refractivity contribution in [2.75, 3.05) is 14.2 Å². The molecular formula is C13H20BrNO2. The highest BCUT2D eigenvalue weighted by molar-refractivity contribution is 9.10. The molecule has 17 heavy (non-hydrogen) atoms. The standard InChI is InChI=1S/C13H20BrNO2/c1-9(11-5-7-12(14)8-6-11)15-10(2)13(16-3)17-4/h5-10,13,15H,1-4H3/t9-,10?/m0/s1. The lowest BCUT2D eigenvalue weighted by atomic mass is 10.1. The average Bonchev–Trinajstić information content (AvgIpc) is 2.31. The van der Waals surface area contributed by atoms with Crippen LogP contribution in [0.25, 0.3) is 0 Å². The van der Waals surface area contributed by atoms with E-state index in [1.54, 1.807) is 14.2 Å². The predicted molar refractivity (Wildman–Crippen MR) is 73.0 cm³/mol. The first-order chi connectivity index (χ1) is 8.08. The average molecular weight is 302 g/mol. The van der Waals surface area contributed by atoms with Crippen LogP contribution in [-0.2, 0) is 9.47 Å². The Balaban J connectivity index is 2.59. The molecule has 0 aliphatic heterocycles. The van der Waals surface area contributed by atoms with Gasteiger partial charge in [0.25, 0.3) is 0 Å². The summed E-state index contributed by atoms with van der Waals surface area (Å²) in [5, 5.41) is 3.45. The Hall–Kier alpha value is -0.420. The summed E-state index contributed by atoms with van der Waals surface area (Å²) < 4.78 is 11.5. The fraction of sp³-hybridized carbons (Fsp3) is 0.538. The third-order valence-electron chi connectivity index (χ3n) is 2.76. The SMILES string of the molecule is COC(OC)C(C)N[C@@H](C)c1ccc(Br)cc1. The van der Waals surface area contributed by atoms with E-state index in [2.05, 4.69) is 40.3 Å². The van der Waals surface area contributed by atoms with Gasteiger partial charge in [-0.2, -0.15) is 0 Å². The maximum atomic E-state index is 5.22. The molecule has 0 heterocycles. The fourth-order valence-corrected chi connectivity index (χ4v) is 2.09. The lowest BCUT2D eigenvalue weighted by molar-refractivity contribution is -0.120. The van der Waals surface area contributed by atoms with E-state index in [0.29, 0.717) is 0 Å². The fourth-order valence-electron chi connectivity index (χ4n) is 1.83. The second-order valence-corrected chi connectivity index (χ2v) is 4.98. The summed E-state index contributed by atoms with van der Waals surface area (Å²) in [7, 11) is 3.30. The Labute approximate surface area is 112 Å². The van der Waals surface area contributed by atoms with Crippen molar-refractivity contribution in [2.24, 2.45) is 0 Å². The van der Waals surface area contributed by atoms with Crippen LogP contribution in [0.3, 0.4) is 0 Å². The van der Waals surface area contributed by atoms with Gasteiger partial charge in [-0.15, -0.1) is 0 Å². The second kappa shape index (κ2) is 7.11. The van der Waals surface area contributed by atoms with Crippen molar-refractivity contribution < 1.29 is 9.47 Å². The van der Waals surface area contributed by atoms with Gasteiger partial charge in [-0.1, -0.05) is 28.1 Å². The first-order valence-electron chi connectivity index (χ1n) is 5.65. The predicted octanol–water partition coefficient (Wildman–Crippen LogP) is 3.11. The largest absolute Gasteiger partial charge is 0.354 e. The van der Waals surface area contributed by atoms with Crippen LogP contribution >= 0.6 is 15.9 Å². The lowest BCUT2D eigenvalue weighted by Gasteiger charge is -2.26. The normalized spacial score (nSPS) is 14.9. The van der Waals surface area contributed by atoms with E-state index in [1.165, 1.54) is 5.56 Å². The Kier molecular flexibility index (Phi) is 6.12. The lowest BCUT2D eigenvalue weighted by Crippen LogP contribution is -2.40. The van der Waals surface area contributed by atoms with Crippen LogP contribution in [-0.4, -0.2) is 26.6 Å². The first-order valence-corrected chi connectivity index (χ1v) is 6.45. The minimum absolute atomic E-state index is 0.128. The summed E-state index contributed by atoms with van der Waals surface area (Å²) in [4.78, 5) is 0. The molecule has 2 atom stereocenters. The summed E-state index contributed by atoms with van der Waals surface area (Å²) in [6, 6.07) is 8.67. The van der Waals surface area contributed by atoms with E-state index < -0.39 is 0 Å². The monoisotopic (exact) mass is 301 g/mol. The van der Waals surface area contributed by atoms with Crippen molar-refractivity contribution in [2.45, 2.75) is 32.2 Å². The second-order valence-electron chi connectivity index (χ2n) is 4.07. The van der Waals surface area contributed by atoms with Crippen LogP contribution in [0.15, 0.2) is 28.7 Å². The van der Waals surface area contributed by atoms with Crippen LogP contribution in [0.1, 0.15) is 25.5 Å². The van der Waals surface area contributed by atoms with Crippen LogP contribution in [0, 0.1) is 0 Å². The molecule has 4 heteroatoms. The molecule has 1 unspecified atom stereocenters. The maximum Gasteiger partial charge on any atom is 0.171 e. The minimum atomic E-state index is -0.229. The Morgan fingerprint density at radius 3 is 2.06 bits per heavy atom. The van der Waals surface area contributed by atoms with Gasteiger partial charge < -0.3 is 14.8 Å². The summed E-state index contributed by atoms with van der Waals surface area (Å²) in [6.07, 6.45) is -0.229. The number of benzene rings is 1. The molecule has 0 aliphatic rings. The molecule has 96 valence electrons. The van der Waals surface area contributed by atoms with Crippen molar-refractivity contribution >= 4 is 15.9 Å². The minimum Gasteiger partial charge on any atom is -0.354 e. The molecule has 0 amide bonds. The van der Waals surface area contributed by atoms with Crippen molar-refractivity contribution in [3.05, 3.63) is 34.3 Å². The van der Waals surface area contributed by atoms with Gasteiger partial charge in [-0.25, -0.2) is 0 Å². The highest BCUT2D eigenvalue weighted by atomic mass is 79.9. The van der Waals surface area contributed by atoms with E-state index in [1.807, 2.05) is 19.1 Å². The van der Waals surface area contributed by atoms with Crippen LogP contribution in [0.5, 0.6) is 0 Å². The van der Waals surface area contributed by atoms with Gasteiger partial charge in [-0.3, -0.25) is 0 Å². The summed E-state index contributed by atoms with van der Waals surface area (Å²) >= 11 is 3.43. The molecular weight excluding hydrogens is 282 g/mol. The van der Waals surface area contributed by atoms with Crippen molar-refractivity contribution in [1.29, 1.82) is 0 Å². The number of nitrogens with one attached hydrogen (secondary N) is 1. The topological polar surface area (TPSA) is 30.5 Å². The molecule has 0 aliphatic carbocycles. The summed E-state index contributed by atoms with van der Waals surface area (Å²) in [5.74, 6) is 0. The van der Waals surface area contributed by atoms with Gasteiger partial charge in [0.1, 0.15) is 0 Å². The molecule has 0 saturated carbocycles. The highest BCUT2D eigenvalue weighted by Crippen LogP contribution is 2.17. The van der Waals surface area contributed by atoms with Crippen molar-refractivity contribution in [3.63, 3.8) is 0 Å². The zero-order valence-corrected chi connectivity index (χ0v) is 12.3. The van der Waals surface area contributed by atoms with E-state index in [4.69, 9.17) is 9.47 Å². The number of hydrogen-bond donors (Lipinski definition) is 1. The van der Waals surface area contributed by atoms with Gasteiger partial charge >= 0.3 is 0 Å². The Bertz CT molecular complexity index is 325. The number of hydrogen-bond acceptors (Lipinski definition) is 3. The number of methoxy groups -OCH3 is 2. The van der Waals surface area contributed by atoms with Gasteiger partial charge in [0.2, 0.25) is 0 Å². The van der Waals surface area contributed by atoms with Crippen molar-refractivity contribution in [3.8, 4) is 0 Å². The van der Waals surface area contributed by atoms with Crippen LogP contribution in [0.2, 0.25) is 0 Å². The van der Waals surface area contributed by atoms with Crippen molar-refractivity contribution in [1.82, 2.24) is 5.32 Å². The molecule has 0 aromatic heterocycles. The summed E-state index contributed by atoms with van der Waals surface area (Å²) in [6.45, 7) is 4.18.